The first kappa shape index (κ1) is 16.7. The van der Waals surface area contributed by atoms with Gasteiger partial charge in [0.25, 0.3) is 0 Å². The third-order valence-corrected chi connectivity index (χ3v) is 4.49. The number of hydrogen-bond acceptors (Lipinski definition) is 3. The first-order valence-electron chi connectivity index (χ1n) is 8.00. The van der Waals surface area contributed by atoms with E-state index in [0.29, 0.717) is 25.7 Å². The summed E-state index contributed by atoms with van der Waals surface area (Å²) >= 11 is 0. The number of ketones is 1. The lowest BCUT2D eigenvalue weighted by atomic mass is 10.1. The maximum absolute atomic E-state index is 12.6. The molecule has 1 aliphatic heterocycles. The Bertz CT molecular complexity index is 567. The Labute approximate surface area is 132 Å². The van der Waals surface area contributed by atoms with Crippen LogP contribution in [-0.4, -0.2) is 58.8 Å². The maximum Gasteiger partial charge on any atom is 0.219 e. The van der Waals surface area contributed by atoms with Crippen LogP contribution in [0.15, 0.2) is 6.07 Å². The number of carbonyl (C=O) groups is 2. The first-order valence-corrected chi connectivity index (χ1v) is 8.00. The van der Waals surface area contributed by atoms with Crippen LogP contribution in [0.2, 0.25) is 0 Å². The zero-order valence-electron chi connectivity index (χ0n) is 14.3. The second kappa shape index (κ2) is 6.65. The second-order valence-corrected chi connectivity index (χ2v) is 6.45. The van der Waals surface area contributed by atoms with E-state index in [-0.39, 0.29) is 11.7 Å². The van der Waals surface area contributed by atoms with Gasteiger partial charge in [0.1, 0.15) is 0 Å². The smallest absolute Gasteiger partial charge is 0.219 e. The zero-order valence-corrected chi connectivity index (χ0v) is 14.3. The van der Waals surface area contributed by atoms with E-state index >= 15 is 0 Å². The molecule has 0 spiro atoms. The quantitative estimate of drug-likeness (QED) is 0.800. The van der Waals surface area contributed by atoms with Gasteiger partial charge in [-0.15, -0.1) is 0 Å². The molecule has 0 N–H and O–H groups in total. The number of aromatic nitrogens is 1. The Hall–Kier alpha value is -1.62. The molecule has 5 nitrogen and oxygen atoms in total. The van der Waals surface area contributed by atoms with Crippen LogP contribution < -0.4 is 0 Å². The minimum Gasteiger partial charge on any atom is -0.346 e. The minimum absolute atomic E-state index is 0.117. The van der Waals surface area contributed by atoms with Crippen molar-refractivity contribution < 1.29 is 9.59 Å². The number of piperazine rings is 1. The summed E-state index contributed by atoms with van der Waals surface area (Å²) in [7, 11) is 0. The van der Waals surface area contributed by atoms with E-state index in [2.05, 4.69) is 30.2 Å². The average Bonchev–Trinajstić information content (AvgIpc) is 2.74. The van der Waals surface area contributed by atoms with Crippen molar-refractivity contribution >= 4 is 11.7 Å². The van der Waals surface area contributed by atoms with E-state index in [0.717, 1.165) is 30.0 Å². The summed E-state index contributed by atoms with van der Waals surface area (Å²) in [5.74, 6) is 0.294. The predicted octanol–water partition coefficient (Wildman–Crippen LogP) is 2.03. The number of hydrogen-bond donors (Lipinski definition) is 0. The normalized spacial score (nSPS) is 16.4. The van der Waals surface area contributed by atoms with Crippen molar-refractivity contribution in [3.63, 3.8) is 0 Å². The van der Waals surface area contributed by atoms with Crippen molar-refractivity contribution in [3.8, 4) is 0 Å². The highest BCUT2D eigenvalue weighted by Gasteiger charge is 2.23. The Kier molecular flexibility index (Phi) is 5.06. The molecule has 0 atom stereocenters. The molecule has 5 heteroatoms. The highest BCUT2D eigenvalue weighted by molar-refractivity contribution is 5.99. The monoisotopic (exact) mass is 305 g/mol. The predicted molar refractivity (Wildman–Crippen MR) is 87.3 cm³/mol. The van der Waals surface area contributed by atoms with Crippen molar-refractivity contribution in [2.75, 3.05) is 32.7 Å². The van der Waals surface area contributed by atoms with E-state index in [4.69, 9.17) is 0 Å². The summed E-state index contributed by atoms with van der Waals surface area (Å²) in [5.41, 5.74) is 3.03. The summed E-state index contributed by atoms with van der Waals surface area (Å²) in [6.07, 6.45) is 0. The van der Waals surface area contributed by atoms with Crippen LogP contribution in [0.5, 0.6) is 0 Å². The van der Waals surface area contributed by atoms with Gasteiger partial charge in [-0.3, -0.25) is 14.5 Å². The number of aryl methyl sites for hydroxylation is 1. The Morgan fingerprint density at radius 1 is 1.14 bits per heavy atom. The minimum atomic E-state index is 0.117. The molecule has 0 aliphatic carbocycles. The Morgan fingerprint density at radius 3 is 2.18 bits per heavy atom. The number of amides is 1. The molecule has 1 aromatic heterocycles. The molecule has 0 bridgehead atoms. The van der Waals surface area contributed by atoms with Gasteiger partial charge in [-0.05, 0) is 33.8 Å². The van der Waals surface area contributed by atoms with Crippen LogP contribution in [-0.2, 0) is 4.79 Å². The fourth-order valence-electron chi connectivity index (χ4n) is 3.36. The largest absolute Gasteiger partial charge is 0.346 e. The maximum atomic E-state index is 12.6. The molecule has 122 valence electrons. The lowest BCUT2D eigenvalue weighted by molar-refractivity contribution is -0.130. The molecule has 0 radical (unpaired) electrons. The van der Waals surface area contributed by atoms with Crippen molar-refractivity contribution in [3.05, 3.63) is 23.0 Å². The molecule has 2 heterocycles. The molecule has 1 saturated heterocycles. The lowest BCUT2D eigenvalue weighted by Crippen LogP contribution is -2.49. The van der Waals surface area contributed by atoms with Crippen molar-refractivity contribution in [1.82, 2.24) is 14.4 Å². The third-order valence-electron chi connectivity index (χ3n) is 4.49. The molecule has 1 aliphatic rings. The van der Waals surface area contributed by atoms with Gasteiger partial charge in [-0.1, -0.05) is 0 Å². The standard InChI is InChI=1S/C17H27N3O2/c1-12(2)20-13(3)10-16(14(20)4)17(22)11-18-6-8-19(9-7-18)15(5)21/h10,12H,6-9,11H2,1-5H3. The molecule has 22 heavy (non-hydrogen) atoms. The van der Waals surface area contributed by atoms with Gasteiger partial charge in [-0.25, -0.2) is 0 Å². The Morgan fingerprint density at radius 2 is 1.73 bits per heavy atom. The molecule has 1 fully saturated rings. The average molecular weight is 305 g/mol. The molecule has 2 rings (SSSR count). The third kappa shape index (κ3) is 3.40. The zero-order chi connectivity index (χ0) is 16.4. The van der Waals surface area contributed by atoms with E-state index in [1.807, 2.05) is 17.9 Å². The van der Waals surface area contributed by atoms with Crippen LogP contribution in [0, 0.1) is 13.8 Å². The second-order valence-electron chi connectivity index (χ2n) is 6.45. The molecule has 0 saturated carbocycles. The van der Waals surface area contributed by atoms with Gasteiger partial charge >= 0.3 is 0 Å². The van der Waals surface area contributed by atoms with Gasteiger partial charge in [0.2, 0.25) is 5.91 Å². The number of rotatable bonds is 4. The number of carbonyl (C=O) groups excluding carboxylic acids is 2. The van der Waals surface area contributed by atoms with Crippen molar-refractivity contribution in [1.29, 1.82) is 0 Å². The summed E-state index contributed by atoms with van der Waals surface area (Å²) in [6, 6.07) is 2.37. The van der Waals surface area contributed by atoms with Crippen LogP contribution in [0.25, 0.3) is 0 Å². The lowest BCUT2D eigenvalue weighted by Gasteiger charge is -2.33. The molecule has 1 amide bonds. The first-order chi connectivity index (χ1) is 10.3. The van der Waals surface area contributed by atoms with Crippen LogP contribution in [0.3, 0.4) is 0 Å². The summed E-state index contributed by atoms with van der Waals surface area (Å²) in [4.78, 5) is 27.9. The van der Waals surface area contributed by atoms with Crippen LogP contribution in [0.4, 0.5) is 0 Å². The van der Waals surface area contributed by atoms with Crippen molar-refractivity contribution in [2.24, 2.45) is 0 Å². The summed E-state index contributed by atoms with van der Waals surface area (Å²) < 4.78 is 2.21. The highest BCUT2D eigenvalue weighted by Crippen LogP contribution is 2.21. The molecule has 0 unspecified atom stereocenters. The van der Waals surface area contributed by atoms with Gasteiger partial charge in [-0.2, -0.15) is 0 Å². The Balaban J connectivity index is 2.02. The highest BCUT2D eigenvalue weighted by atomic mass is 16.2. The van der Waals surface area contributed by atoms with Gasteiger partial charge in [0, 0.05) is 56.1 Å². The molecular weight excluding hydrogens is 278 g/mol. The molecule has 0 aromatic carbocycles. The summed E-state index contributed by atoms with van der Waals surface area (Å²) in [5, 5.41) is 0. The van der Waals surface area contributed by atoms with E-state index < -0.39 is 0 Å². The van der Waals surface area contributed by atoms with E-state index in [9.17, 15) is 9.59 Å². The van der Waals surface area contributed by atoms with Crippen LogP contribution in [0.1, 0.15) is 48.6 Å². The number of Topliss-reactive ketones (excluding diaryl/α,β-unsaturated/α-hetero) is 1. The van der Waals surface area contributed by atoms with Gasteiger partial charge in [0.15, 0.2) is 5.78 Å². The van der Waals surface area contributed by atoms with Gasteiger partial charge < -0.3 is 9.47 Å². The van der Waals surface area contributed by atoms with Crippen molar-refractivity contribution in [2.45, 2.75) is 40.7 Å². The molecule has 1 aromatic rings. The molecular formula is C17H27N3O2. The van der Waals surface area contributed by atoms with Gasteiger partial charge in [0.05, 0.1) is 6.54 Å². The summed E-state index contributed by atoms with van der Waals surface area (Å²) in [6.45, 7) is 13.4. The fraction of sp³-hybridized carbons (Fsp3) is 0.647. The SMILES string of the molecule is CC(=O)N1CCN(CC(=O)c2cc(C)n(C(C)C)c2C)CC1. The van der Waals surface area contributed by atoms with E-state index in [1.54, 1.807) is 6.92 Å². The topological polar surface area (TPSA) is 45.6 Å². The van der Waals surface area contributed by atoms with Crippen LogP contribution >= 0.6 is 0 Å². The van der Waals surface area contributed by atoms with E-state index in [1.165, 1.54) is 0 Å². The number of nitrogens with zero attached hydrogens (tertiary/aromatic N) is 3. The fourth-order valence-corrected chi connectivity index (χ4v) is 3.36.